The molecule has 126 valence electrons. The number of aromatic nitrogens is 1. The van der Waals surface area contributed by atoms with Crippen molar-refractivity contribution in [3.63, 3.8) is 0 Å². The van der Waals surface area contributed by atoms with Gasteiger partial charge in [-0.3, -0.25) is 4.90 Å². The molecule has 0 radical (unpaired) electrons. The number of ether oxygens (including phenoxy) is 1. The Morgan fingerprint density at radius 1 is 1.25 bits per heavy atom. The van der Waals surface area contributed by atoms with Crippen molar-refractivity contribution in [2.45, 2.75) is 30.1 Å². The Kier molecular flexibility index (Phi) is 2.43. The van der Waals surface area contributed by atoms with Gasteiger partial charge in [-0.25, -0.2) is 0 Å². The third-order valence-electron chi connectivity index (χ3n) is 7.29. The maximum absolute atomic E-state index is 11.5. The second-order valence-corrected chi connectivity index (χ2v) is 8.03. The Morgan fingerprint density at radius 3 is 2.96 bits per heavy atom. The summed E-state index contributed by atoms with van der Waals surface area (Å²) in [5.74, 6) is -1.08. The van der Waals surface area contributed by atoms with E-state index in [1.54, 1.807) is 0 Å². The van der Waals surface area contributed by atoms with E-state index < -0.39 is 11.2 Å². The number of aromatic amines is 1. The lowest BCUT2D eigenvalue weighted by Crippen LogP contribution is -2.48. The van der Waals surface area contributed by atoms with Crippen molar-refractivity contribution in [3.8, 4) is 0 Å². The first-order valence-corrected chi connectivity index (χ1v) is 9.01. The number of hydrogen-bond donors (Lipinski definition) is 3. The van der Waals surface area contributed by atoms with E-state index in [9.17, 15) is 10.2 Å². The van der Waals surface area contributed by atoms with Crippen molar-refractivity contribution < 1.29 is 14.9 Å². The second kappa shape index (κ2) is 4.22. The molecule has 5 nitrogen and oxygen atoms in total. The van der Waals surface area contributed by atoms with E-state index in [4.69, 9.17) is 4.74 Å². The van der Waals surface area contributed by atoms with Gasteiger partial charge in [0.1, 0.15) is 0 Å². The smallest absolute Gasteiger partial charge is 0.174 e. The summed E-state index contributed by atoms with van der Waals surface area (Å²) in [4.78, 5) is 6.13. The molecule has 5 heteroatoms. The second-order valence-electron chi connectivity index (χ2n) is 8.03. The first kappa shape index (κ1) is 13.8. The number of nitrogens with zero attached hydrogens (tertiary/aromatic N) is 1. The highest BCUT2D eigenvalue weighted by Gasteiger charge is 2.69. The van der Waals surface area contributed by atoms with Crippen LogP contribution in [0, 0.1) is 11.8 Å². The molecular formula is C19H22N2O3. The van der Waals surface area contributed by atoms with Gasteiger partial charge >= 0.3 is 0 Å². The minimum Gasteiger partial charge on any atom is -0.395 e. The molecule has 0 spiro atoms. The number of aliphatic hydroxyl groups is 2. The lowest BCUT2D eigenvalue weighted by atomic mass is 9.69. The van der Waals surface area contributed by atoms with Crippen LogP contribution in [0.5, 0.6) is 0 Å². The van der Waals surface area contributed by atoms with E-state index in [2.05, 4.69) is 28.1 Å². The Hall–Kier alpha value is -1.40. The van der Waals surface area contributed by atoms with Crippen LogP contribution in [-0.4, -0.2) is 52.2 Å². The number of nitrogens with one attached hydrogen (secondary N) is 1. The largest absolute Gasteiger partial charge is 0.395 e. The van der Waals surface area contributed by atoms with Crippen molar-refractivity contribution in [2.24, 2.45) is 11.8 Å². The third-order valence-corrected chi connectivity index (χ3v) is 7.29. The molecule has 3 saturated heterocycles. The topological polar surface area (TPSA) is 68.7 Å². The number of aliphatic hydroxyl groups excluding tert-OH is 1. The van der Waals surface area contributed by atoms with Crippen LogP contribution >= 0.6 is 0 Å². The molecule has 1 aromatic carbocycles. The molecular weight excluding hydrogens is 304 g/mol. The number of benzene rings is 1. The highest BCUT2D eigenvalue weighted by molar-refractivity contribution is 5.86. The molecule has 6 bridgehead atoms. The molecule has 0 saturated carbocycles. The fourth-order valence-corrected chi connectivity index (χ4v) is 6.25. The maximum Gasteiger partial charge on any atom is 0.174 e. The molecule has 2 aromatic rings. The predicted molar refractivity (Wildman–Crippen MR) is 88.5 cm³/mol. The van der Waals surface area contributed by atoms with Gasteiger partial charge in [-0.1, -0.05) is 18.2 Å². The van der Waals surface area contributed by atoms with Crippen LogP contribution < -0.4 is 0 Å². The number of hydrogen-bond acceptors (Lipinski definition) is 4. The molecule has 1 aromatic heterocycles. The Bertz CT molecular complexity index is 848. The summed E-state index contributed by atoms with van der Waals surface area (Å²) in [7, 11) is 0. The number of para-hydroxylation sites is 1. The van der Waals surface area contributed by atoms with Gasteiger partial charge in [0.05, 0.1) is 18.6 Å². The molecule has 24 heavy (non-hydrogen) atoms. The van der Waals surface area contributed by atoms with Crippen LogP contribution in [0.2, 0.25) is 0 Å². The summed E-state index contributed by atoms with van der Waals surface area (Å²) in [6.07, 6.45) is 1.83. The minimum atomic E-state index is -1.11. The molecule has 4 heterocycles. The molecule has 3 N–H and O–H groups in total. The highest BCUT2D eigenvalue weighted by Crippen LogP contribution is 2.63. The summed E-state index contributed by atoms with van der Waals surface area (Å²) in [6.45, 7) is 2.39. The lowest BCUT2D eigenvalue weighted by molar-refractivity contribution is -0.231. The van der Waals surface area contributed by atoms with E-state index in [0.29, 0.717) is 6.61 Å². The van der Waals surface area contributed by atoms with Crippen LogP contribution in [0.3, 0.4) is 0 Å². The number of H-pyrrole nitrogens is 1. The number of rotatable bonds is 1. The minimum absolute atomic E-state index is 0.0131. The van der Waals surface area contributed by atoms with Crippen molar-refractivity contribution in [1.82, 2.24) is 9.88 Å². The Balaban J connectivity index is 1.76. The van der Waals surface area contributed by atoms with Crippen LogP contribution in [0.15, 0.2) is 24.3 Å². The van der Waals surface area contributed by atoms with Crippen LogP contribution in [0.4, 0.5) is 0 Å². The Labute approximate surface area is 140 Å². The van der Waals surface area contributed by atoms with Gasteiger partial charge in [0, 0.05) is 34.5 Å². The first-order chi connectivity index (χ1) is 11.7. The molecule has 1 unspecified atom stereocenters. The van der Waals surface area contributed by atoms with Gasteiger partial charge in [0.25, 0.3) is 0 Å². The van der Waals surface area contributed by atoms with Gasteiger partial charge in [0.2, 0.25) is 0 Å². The zero-order chi connectivity index (χ0) is 16.1. The van der Waals surface area contributed by atoms with Crippen molar-refractivity contribution >= 4 is 10.9 Å². The third kappa shape index (κ3) is 1.31. The lowest BCUT2D eigenvalue weighted by Gasteiger charge is -2.37. The van der Waals surface area contributed by atoms with Crippen molar-refractivity contribution in [2.75, 3.05) is 26.3 Å². The molecule has 3 aliphatic heterocycles. The average Bonchev–Trinajstić information content (AvgIpc) is 3.19. The SMILES string of the molecule is OC[C@]12CO[C@]3(O)[C@H]4CCN(CC[C@@H]13)[C@@H]4c1c2[nH]c2ccccc12. The Morgan fingerprint density at radius 2 is 2.08 bits per heavy atom. The average molecular weight is 326 g/mol. The zero-order valence-electron chi connectivity index (χ0n) is 13.5. The zero-order valence-corrected chi connectivity index (χ0v) is 13.5. The van der Waals surface area contributed by atoms with Gasteiger partial charge < -0.3 is 19.9 Å². The summed E-state index contributed by atoms with van der Waals surface area (Å²) in [6, 6.07) is 8.59. The molecule has 3 fully saturated rings. The van der Waals surface area contributed by atoms with Crippen LogP contribution in [0.1, 0.15) is 30.1 Å². The summed E-state index contributed by atoms with van der Waals surface area (Å²) < 4.78 is 6.08. The quantitative estimate of drug-likeness (QED) is 0.743. The standard InChI is InChI=1S/C19H22N2O3/c22-9-18-10-24-19(23)12-5-7-21(8-6-14(18)19)16(12)15-11-3-1-2-4-13(11)20-17(15)18/h1-4,12,14,16,20,22-23H,5-10H2/t12-,14-,16-,18-,19+/m0/s1. The fourth-order valence-electron chi connectivity index (χ4n) is 6.25. The summed E-state index contributed by atoms with van der Waals surface area (Å²) >= 11 is 0. The van der Waals surface area contributed by atoms with E-state index >= 15 is 0 Å². The van der Waals surface area contributed by atoms with E-state index in [1.807, 2.05) is 6.07 Å². The maximum atomic E-state index is 11.5. The molecule has 0 amide bonds. The monoisotopic (exact) mass is 326 g/mol. The van der Waals surface area contributed by atoms with Crippen LogP contribution in [-0.2, 0) is 10.2 Å². The molecule has 4 aliphatic rings. The summed E-state index contributed by atoms with van der Waals surface area (Å²) in [5.41, 5.74) is 3.01. The summed E-state index contributed by atoms with van der Waals surface area (Å²) in [5, 5.41) is 23.2. The van der Waals surface area contributed by atoms with E-state index in [1.165, 1.54) is 10.9 Å². The van der Waals surface area contributed by atoms with E-state index in [0.717, 1.165) is 37.1 Å². The van der Waals surface area contributed by atoms with Crippen molar-refractivity contribution in [3.05, 3.63) is 35.5 Å². The fraction of sp³-hybridized carbons (Fsp3) is 0.579. The van der Waals surface area contributed by atoms with Gasteiger partial charge in [-0.05, 0) is 37.6 Å². The molecule has 6 rings (SSSR count). The van der Waals surface area contributed by atoms with Crippen LogP contribution in [0.25, 0.3) is 10.9 Å². The van der Waals surface area contributed by atoms with Gasteiger partial charge in [-0.15, -0.1) is 0 Å². The molecule has 6 atom stereocenters. The number of fused-ring (bicyclic) bond motifs is 4. The molecule has 1 aliphatic carbocycles. The highest BCUT2D eigenvalue weighted by atomic mass is 16.6. The van der Waals surface area contributed by atoms with E-state index in [-0.39, 0.29) is 24.5 Å². The van der Waals surface area contributed by atoms with Crippen molar-refractivity contribution in [1.29, 1.82) is 0 Å². The normalized spacial score (nSPS) is 45.4. The predicted octanol–water partition coefficient (Wildman–Crippen LogP) is 1.51. The van der Waals surface area contributed by atoms with Gasteiger partial charge in [-0.2, -0.15) is 0 Å². The van der Waals surface area contributed by atoms with Gasteiger partial charge in [0.15, 0.2) is 5.79 Å². The first-order valence-electron chi connectivity index (χ1n) is 9.01.